The van der Waals surface area contributed by atoms with Gasteiger partial charge in [0.2, 0.25) is 0 Å². The van der Waals surface area contributed by atoms with E-state index in [4.69, 9.17) is 0 Å². The predicted molar refractivity (Wildman–Crippen MR) is 83.3 cm³/mol. The molecule has 1 heterocycles. The van der Waals surface area contributed by atoms with Crippen LogP contribution in [-0.2, 0) is 0 Å². The van der Waals surface area contributed by atoms with E-state index >= 15 is 0 Å². The number of halogens is 1. The molecule has 1 aromatic carbocycles. The lowest BCUT2D eigenvalue weighted by Gasteiger charge is -2.41. The molecule has 1 aliphatic heterocycles. The second kappa shape index (κ2) is 4.73. The van der Waals surface area contributed by atoms with E-state index in [-0.39, 0.29) is 5.46 Å². The Balaban J connectivity index is 2.55. The first-order chi connectivity index (χ1) is 8.67. The zero-order valence-electron chi connectivity index (χ0n) is 11.9. The molecule has 2 N–H and O–H groups in total. The van der Waals surface area contributed by atoms with Crippen LogP contribution in [0.4, 0.5) is 10.1 Å². The van der Waals surface area contributed by atoms with Gasteiger partial charge in [0.15, 0.2) is 0 Å². The Hall–Kier alpha value is -0.631. The SMILES string of the molecule is C[Si]1(C)CC[Si](C)(C)N1c1cccc(B(O)O)c1F. The van der Waals surface area contributed by atoms with Gasteiger partial charge in [-0.25, -0.2) is 4.39 Å². The number of hydrogen-bond acceptors (Lipinski definition) is 3. The Morgan fingerprint density at radius 1 is 1.11 bits per heavy atom. The van der Waals surface area contributed by atoms with Gasteiger partial charge in [-0.3, -0.25) is 0 Å². The van der Waals surface area contributed by atoms with E-state index in [0.29, 0.717) is 5.69 Å². The van der Waals surface area contributed by atoms with Crippen LogP contribution < -0.4 is 9.69 Å². The van der Waals surface area contributed by atoms with E-state index in [1.54, 1.807) is 12.1 Å². The number of benzene rings is 1. The van der Waals surface area contributed by atoms with Crippen molar-refractivity contribution in [3.05, 3.63) is 24.0 Å². The highest BCUT2D eigenvalue weighted by Crippen LogP contribution is 2.41. The smallest absolute Gasteiger partial charge is 0.423 e. The lowest BCUT2D eigenvalue weighted by atomic mass is 9.79. The highest BCUT2D eigenvalue weighted by molar-refractivity contribution is 7.04. The molecule has 1 aromatic rings. The maximum atomic E-state index is 14.5. The lowest BCUT2D eigenvalue weighted by Crippen LogP contribution is -2.56. The third-order valence-electron chi connectivity index (χ3n) is 4.09. The van der Waals surface area contributed by atoms with Crippen LogP contribution in [-0.4, -0.2) is 33.6 Å². The molecule has 1 saturated heterocycles. The van der Waals surface area contributed by atoms with Crippen molar-refractivity contribution in [2.75, 3.05) is 4.23 Å². The Morgan fingerprint density at radius 2 is 1.63 bits per heavy atom. The molecule has 3 nitrogen and oxygen atoms in total. The fourth-order valence-corrected chi connectivity index (χ4v) is 17.4. The largest absolute Gasteiger partial charge is 0.491 e. The first-order valence-corrected chi connectivity index (χ1v) is 12.9. The molecule has 104 valence electrons. The molecular formula is C12H21BFNO2Si2. The first-order valence-electron chi connectivity index (χ1n) is 6.62. The summed E-state index contributed by atoms with van der Waals surface area (Å²) < 4.78 is 16.9. The summed E-state index contributed by atoms with van der Waals surface area (Å²) >= 11 is 0. The summed E-state index contributed by atoms with van der Waals surface area (Å²) in [5.74, 6) is -0.472. The average molecular weight is 297 g/mol. The van der Waals surface area contributed by atoms with Crippen LogP contribution in [0.1, 0.15) is 0 Å². The topological polar surface area (TPSA) is 43.7 Å². The van der Waals surface area contributed by atoms with Crippen molar-refractivity contribution in [2.24, 2.45) is 0 Å². The molecular weight excluding hydrogens is 276 g/mol. The summed E-state index contributed by atoms with van der Waals surface area (Å²) in [5, 5.41) is 18.5. The minimum atomic E-state index is -1.75. The molecule has 0 aliphatic carbocycles. The molecule has 0 unspecified atom stereocenters. The number of anilines is 1. The Kier molecular flexibility index (Phi) is 3.68. The van der Waals surface area contributed by atoms with Gasteiger partial charge in [-0.15, -0.1) is 0 Å². The van der Waals surface area contributed by atoms with Gasteiger partial charge in [-0.1, -0.05) is 38.3 Å². The maximum absolute atomic E-state index is 14.5. The van der Waals surface area contributed by atoms with E-state index in [0.717, 1.165) is 0 Å². The van der Waals surface area contributed by atoms with Gasteiger partial charge in [0, 0.05) is 5.46 Å². The quantitative estimate of drug-likeness (QED) is 0.817. The minimum absolute atomic E-state index is 0.0287. The summed E-state index contributed by atoms with van der Waals surface area (Å²) in [7, 11) is -5.04. The normalized spacial score (nSPS) is 20.7. The van der Waals surface area contributed by atoms with Crippen LogP contribution in [0.3, 0.4) is 0 Å². The third-order valence-corrected chi connectivity index (χ3v) is 14.1. The summed E-state index contributed by atoms with van der Waals surface area (Å²) in [6.45, 7) is 9.04. The molecule has 2 rings (SSSR count). The third kappa shape index (κ3) is 2.52. The molecule has 0 saturated carbocycles. The zero-order chi connectivity index (χ0) is 14.4. The van der Waals surface area contributed by atoms with Gasteiger partial charge >= 0.3 is 7.12 Å². The highest BCUT2D eigenvalue weighted by atomic mass is 28.4. The van der Waals surface area contributed by atoms with Crippen LogP contribution in [0.15, 0.2) is 18.2 Å². The number of nitrogens with zero attached hydrogens (tertiary/aromatic N) is 1. The summed E-state index contributed by atoms with van der Waals surface area (Å²) in [6.07, 6.45) is 0. The summed E-state index contributed by atoms with van der Waals surface area (Å²) in [6, 6.07) is 7.27. The van der Waals surface area contributed by atoms with Gasteiger partial charge in [-0.05, 0) is 18.2 Å². The summed E-state index contributed by atoms with van der Waals surface area (Å²) in [4.78, 5) is 0. The minimum Gasteiger partial charge on any atom is -0.423 e. The Bertz CT molecular complexity index is 481. The van der Waals surface area contributed by atoms with Crippen molar-refractivity contribution < 1.29 is 14.4 Å². The second-order valence-electron chi connectivity index (χ2n) is 6.51. The van der Waals surface area contributed by atoms with E-state index < -0.39 is 29.4 Å². The van der Waals surface area contributed by atoms with Crippen molar-refractivity contribution in [3.63, 3.8) is 0 Å². The van der Waals surface area contributed by atoms with Crippen molar-refractivity contribution >= 4 is 34.7 Å². The molecule has 0 amide bonds. The fraction of sp³-hybridized carbons (Fsp3) is 0.500. The van der Waals surface area contributed by atoms with E-state index in [2.05, 4.69) is 30.4 Å². The molecule has 1 fully saturated rings. The Labute approximate surface area is 116 Å². The molecule has 1 aliphatic rings. The van der Waals surface area contributed by atoms with Crippen LogP contribution in [0.5, 0.6) is 0 Å². The molecule has 7 heteroatoms. The highest BCUT2D eigenvalue weighted by Gasteiger charge is 2.48. The second-order valence-corrected chi connectivity index (χ2v) is 16.1. The van der Waals surface area contributed by atoms with Crippen LogP contribution in [0.25, 0.3) is 0 Å². The zero-order valence-corrected chi connectivity index (χ0v) is 13.9. The van der Waals surface area contributed by atoms with Crippen molar-refractivity contribution in [2.45, 2.75) is 38.3 Å². The Morgan fingerprint density at radius 3 is 2.11 bits per heavy atom. The molecule has 0 radical (unpaired) electrons. The molecule has 0 bridgehead atoms. The lowest BCUT2D eigenvalue weighted by molar-refractivity contribution is 0.423. The van der Waals surface area contributed by atoms with E-state index in [1.807, 2.05) is 0 Å². The van der Waals surface area contributed by atoms with Crippen molar-refractivity contribution in [1.82, 2.24) is 0 Å². The van der Waals surface area contributed by atoms with Crippen LogP contribution >= 0.6 is 0 Å². The predicted octanol–water partition coefficient (Wildman–Crippen LogP) is 1.74. The van der Waals surface area contributed by atoms with Crippen LogP contribution in [0.2, 0.25) is 38.3 Å². The van der Waals surface area contributed by atoms with Gasteiger partial charge in [0.05, 0.1) is 5.69 Å². The van der Waals surface area contributed by atoms with E-state index in [1.165, 1.54) is 18.2 Å². The first kappa shape index (κ1) is 14.8. The van der Waals surface area contributed by atoms with Gasteiger partial charge in [0.25, 0.3) is 0 Å². The standard InChI is InChI=1S/C12H21BFNO2Si2/c1-18(2)8-9-19(3,4)15(18)11-7-5-6-10(12(11)14)13(16)17/h5-7,16-17H,8-9H2,1-4H3. The molecule has 0 spiro atoms. The monoisotopic (exact) mass is 297 g/mol. The van der Waals surface area contributed by atoms with Crippen LogP contribution in [0, 0.1) is 5.82 Å². The van der Waals surface area contributed by atoms with Crippen molar-refractivity contribution in [1.29, 1.82) is 0 Å². The maximum Gasteiger partial charge on any atom is 0.491 e. The average Bonchev–Trinajstić information content (AvgIpc) is 2.49. The number of rotatable bonds is 2. The number of hydrogen-bond donors (Lipinski definition) is 2. The van der Waals surface area contributed by atoms with E-state index in [9.17, 15) is 14.4 Å². The van der Waals surface area contributed by atoms with Gasteiger partial charge < -0.3 is 14.3 Å². The molecule has 19 heavy (non-hydrogen) atoms. The van der Waals surface area contributed by atoms with Gasteiger partial charge in [-0.2, -0.15) is 0 Å². The van der Waals surface area contributed by atoms with Gasteiger partial charge in [0.1, 0.15) is 22.3 Å². The summed E-state index contributed by atoms with van der Waals surface area (Å²) in [5.41, 5.74) is 0.537. The molecule has 0 aromatic heterocycles. The van der Waals surface area contributed by atoms with Crippen molar-refractivity contribution in [3.8, 4) is 0 Å². The fourth-order valence-electron chi connectivity index (χ4n) is 3.22. The molecule has 0 atom stereocenters.